The number of hydrogen-bond donors (Lipinski definition) is 2. The summed E-state index contributed by atoms with van der Waals surface area (Å²) in [7, 11) is 0. The Bertz CT molecular complexity index is 1240. The summed E-state index contributed by atoms with van der Waals surface area (Å²) in [6, 6.07) is 9.27. The maximum Gasteiger partial charge on any atom is 0.328 e. The van der Waals surface area contributed by atoms with Crippen LogP contribution >= 0.6 is 0 Å². The number of aliphatic imine (C=N–C) groups is 1. The van der Waals surface area contributed by atoms with Crippen LogP contribution in [0.5, 0.6) is 11.5 Å². The Kier molecular flexibility index (Phi) is 5.94. The molecule has 0 spiro atoms. The number of nitrogens with one attached hydrogen (secondary N) is 1. The molecule has 2 aliphatic rings. The van der Waals surface area contributed by atoms with Gasteiger partial charge in [0.25, 0.3) is 5.91 Å². The first-order valence-corrected chi connectivity index (χ1v) is 12.0. The molecule has 2 aromatic carbocycles. The molecule has 0 bridgehead atoms. The fourth-order valence-electron chi connectivity index (χ4n) is 4.76. The normalized spacial score (nSPS) is 17.5. The lowest BCUT2D eigenvalue weighted by atomic mass is 9.80. The lowest BCUT2D eigenvalue weighted by molar-refractivity contribution is -0.143. The van der Waals surface area contributed by atoms with Gasteiger partial charge in [0.2, 0.25) is 0 Å². The van der Waals surface area contributed by atoms with Crippen LogP contribution < -0.4 is 14.8 Å². The van der Waals surface area contributed by atoms with Gasteiger partial charge in [-0.1, -0.05) is 12.1 Å². The summed E-state index contributed by atoms with van der Waals surface area (Å²) in [6.45, 7) is 13.7. The molecule has 7 nitrogen and oxygen atoms in total. The summed E-state index contributed by atoms with van der Waals surface area (Å²) < 4.78 is 12.3. The molecule has 7 heteroatoms. The predicted molar refractivity (Wildman–Crippen MR) is 135 cm³/mol. The molecule has 186 valence electrons. The molecule has 0 saturated carbocycles. The van der Waals surface area contributed by atoms with Crippen molar-refractivity contribution in [2.75, 3.05) is 6.61 Å². The quantitative estimate of drug-likeness (QED) is 0.634. The minimum Gasteiger partial charge on any atom is -0.490 e. The van der Waals surface area contributed by atoms with Crippen molar-refractivity contribution in [3.8, 4) is 11.5 Å². The smallest absolute Gasteiger partial charge is 0.328 e. The first-order valence-electron chi connectivity index (χ1n) is 12.0. The number of amides is 1. The molecule has 0 aliphatic carbocycles. The number of fused-ring (bicyclic) bond motifs is 3. The molecule has 35 heavy (non-hydrogen) atoms. The second-order valence-corrected chi connectivity index (χ2v) is 11.1. The van der Waals surface area contributed by atoms with Crippen molar-refractivity contribution in [2.24, 2.45) is 4.99 Å². The Morgan fingerprint density at radius 3 is 2.54 bits per heavy atom. The molecule has 0 unspecified atom stereocenters. The van der Waals surface area contributed by atoms with Crippen LogP contribution in [0.4, 0.5) is 0 Å². The number of benzene rings is 2. The zero-order valence-corrected chi connectivity index (χ0v) is 21.5. The van der Waals surface area contributed by atoms with E-state index >= 15 is 0 Å². The third-order valence-corrected chi connectivity index (χ3v) is 6.34. The number of carboxylic acid groups (broad SMARTS) is 1. The number of nitrogens with zero attached hydrogens (tertiary/aromatic N) is 1. The van der Waals surface area contributed by atoms with E-state index in [2.05, 4.69) is 39.1 Å². The van der Waals surface area contributed by atoms with Gasteiger partial charge in [0.05, 0.1) is 17.9 Å². The van der Waals surface area contributed by atoms with Gasteiger partial charge < -0.3 is 19.9 Å². The zero-order chi connectivity index (χ0) is 25.8. The molecule has 0 radical (unpaired) electrons. The van der Waals surface area contributed by atoms with Crippen molar-refractivity contribution in [2.45, 2.75) is 78.0 Å². The SMILES string of the molecule is CCOc1cc2c(c3c1OC(C)(C)C3)C(c1cccc(C(=O)NC(C)(C)C(=O)O)c1)=NC(C)(C)C2. The third-order valence-electron chi connectivity index (χ3n) is 6.34. The largest absolute Gasteiger partial charge is 0.490 e. The van der Waals surface area contributed by atoms with E-state index in [0.29, 0.717) is 12.2 Å². The topological polar surface area (TPSA) is 97.2 Å². The lowest BCUT2D eigenvalue weighted by Gasteiger charge is -2.31. The summed E-state index contributed by atoms with van der Waals surface area (Å²) in [5.74, 6) is -0.0258. The molecule has 0 saturated heterocycles. The van der Waals surface area contributed by atoms with Gasteiger partial charge in [-0.15, -0.1) is 0 Å². The molecule has 2 N–H and O–H groups in total. The summed E-state index contributed by atoms with van der Waals surface area (Å²) in [6.07, 6.45) is 1.48. The molecule has 2 heterocycles. The average molecular weight is 479 g/mol. The van der Waals surface area contributed by atoms with Gasteiger partial charge in [-0.3, -0.25) is 9.79 Å². The van der Waals surface area contributed by atoms with Crippen LogP contribution in [0.25, 0.3) is 0 Å². The lowest BCUT2D eigenvalue weighted by Crippen LogP contribution is -2.49. The van der Waals surface area contributed by atoms with Gasteiger partial charge >= 0.3 is 5.97 Å². The fraction of sp³-hybridized carbons (Fsp3) is 0.464. The van der Waals surface area contributed by atoms with E-state index in [9.17, 15) is 14.7 Å². The Labute approximate surface area is 206 Å². The standard InChI is InChI=1S/C28H34N2O5/c1-8-34-20-13-18-14-26(2,3)29-22(21(18)19-15-27(4,5)35-23(19)20)16-10-9-11-17(12-16)24(31)30-28(6,7)25(32)33/h9-13H,8,14-15H2,1-7H3,(H,30,31)(H,32,33). The van der Waals surface area contributed by atoms with Crippen LogP contribution in [0.3, 0.4) is 0 Å². The predicted octanol–water partition coefficient (Wildman–Crippen LogP) is 4.56. The Hall–Kier alpha value is -3.35. The molecule has 0 fully saturated rings. The highest BCUT2D eigenvalue weighted by Gasteiger charge is 2.40. The highest BCUT2D eigenvalue weighted by molar-refractivity contribution is 6.17. The zero-order valence-electron chi connectivity index (χ0n) is 21.5. The highest BCUT2D eigenvalue weighted by atomic mass is 16.5. The van der Waals surface area contributed by atoms with Crippen LogP contribution in [0.15, 0.2) is 35.3 Å². The minimum atomic E-state index is -1.39. The number of carbonyl (C=O) groups is 2. The minimum absolute atomic E-state index is 0.349. The molecule has 0 aromatic heterocycles. The molecular formula is C28H34N2O5. The van der Waals surface area contributed by atoms with E-state index in [4.69, 9.17) is 14.5 Å². The molecule has 4 rings (SSSR count). The van der Waals surface area contributed by atoms with Crippen molar-refractivity contribution < 1.29 is 24.2 Å². The fourth-order valence-corrected chi connectivity index (χ4v) is 4.76. The van der Waals surface area contributed by atoms with Crippen LogP contribution in [-0.2, 0) is 17.6 Å². The van der Waals surface area contributed by atoms with E-state index in [-0.39, 0.29) is 11.1 Å². The van der Waals surface area contributed by atoms with Gasteiger partial charge in [0.1, 0.15) is 11.1 Å². The molecule has 2 aliphatic heterocycles. The van der Waals surface area contributed by atoms with Gasteiger partial charge in [-0.25, -0.2) is 4.79 Å². The number of rotatable bonds is 6. The van der Waals surface area contributed by atoms with Crippen LogP contribution in [0.2, 0.25) is 0 Å². The van der Waals surface area contributed by atoms with Crippen molar-refractivity contribution in [1.82, 2.24) is 5.32 Å². The van der Waals surface area contributed by atoms with E-state index < -0.39 is 17.4 Å². The second kappa shape index (κ2) is 8.40. The Balaban J connectivity index is 1.84. The number of ether oxygens (including phenoxy) is 2. The first kappa shape index (κ1) is 24.8. The van der Waals surface area contributed by atoms with E-state index in [1.165, 1.54) is 13.8 Å². The van der Waals surface area contributed by atoms with Crippen LogP contribution in [0, 0.1) is 0 Å². The van der Waals surface area contributed by atoms with Crippen LogP contribution in [-0.4, -0.2) is 46.0 Å². The first-order chi connectivity index (χ1) is 16.2. The van der Waals surface area contributed by atoms with Gasteiger partial charge in [-0.05, 0) is 78.6 Å². The average Bonchev–Trinajstić information content (AvgIpc) is 3.07. The van der Waals surface area contributed by atoms with Gasteiger partial charge in [0, 0.05) is 28.7 Å². The highest BCUT2D eigenvalue weighted by Crippen LogP contribution is 2.48. The number of carboxylic acids is 1. The maximum absolute atomic E-state index is 12.9. The molecule has 2 aromatic rings. The maximum atomic E-state index is 12.9. The summed E-state index contributed by atoms with van der Waals surface area (Å²) in [5.41, 5.74) is 3.14. The summed E-state index contributed by atoms with van der Waals surface area (Å²) >= 11 is 0. The Morgan fingerprint density at radius 2 is 1.89 bits per heavy atom. The summed E-state index contributed by atoms with van der Waals surface area (Å²) in [4.78, 5) is 29.5. The van der Waals surface area contributed by atoms with Crippen molar-refractivity contribution in [3.63, 3.8) is 0 Å². The molecule has 0 atom stereocenters. The number of aliphatic carboxylic acids is 1. The van der Waals surface area contributed by atoms with E-state index in [1.54, 1.807) is 18.2 Å². The van der Waals surface area contributed by atoms with Crippen molar-refractivity contribution >= 4 is 17.6 Å². The molecule has 1 amide bonds. The summed E-state index contributed by atoms with van der Waals surface area (Å²) in [5, 5.41) is 12.0. The van der Waals surface area contributed by atoms with Gasteiger partial charge in [0.15, 0.2) is 11.5 Å². The van der Waals surface area contributed by atoms with Gasteiger partial charge in [-0.2, -0.15) is 0 Å². The second-order valence-electron chi connectivity index (χ2n) is 11.1. The molecular weight excluding hydrogens is 444 g/mol. The van der Waals surface area contributed by atoms with Crippen LogP contribution in [0.1, 0.15) is 81.1 Å². The number of hydrogen-bond acceptors (Lipinski definition) is 5. The van der Waals surface area contributed by atoms with Crippen molar-refractivity contribution in [1.29, 1.82) is 0 Å². The van der Waals surface area contributed by atoms with E-state index in [1.807, 2.05) is 13.0 Å². The Morgan fingerprint density at radius 1 is 1.17 bits per heavy atom. The number of carbonyl (C=O) groups excluding carboxylic acids is 1. The third kappa shape index (κ3) is 4.77. The monoisotopic (exact) mass is 478 g/mol. The van der Waals surface area contributed by atoms with E-state index in [0.717, 1.165) is 52.3 Å². The van der Waals surface area contributed by atoms with Crippen molar-refractivity contribution in [3.05, 3.63) is 58.1 Å².